The molecule has 14 heavy (non-hydrogen) atoms. The van der Waals surface area contributed by atoms with Crippen molar-refractivity contribution in [1.82, 2.24) is 5.32 Å². The average Bonchev–Trinajstić information content (AvgIpc) is 2.53. The lowest BCUT2D eigenvalue weighted by Crippen LogP contribution is -2.29. The zero-order valence-corrected chi connectivity index (χ0v) is 10.4. The molecule has 1 aromatic rings. The molecule has 80 valence electrons. The monoisotopic (exact) mass is 211 g/mol. The maximum absolute atomic E-state index is 3.52. The highest BCUT2D eigenvalue weighted by Gasteiger charge is 2.11. The van der Waals surface area contributed by atoms with Gasteiger partial charge in [-0.3, -0.25) is 0 Å². The summed E-state index contributed by atoms with van der Waals surface area (Å²) in [5, 5.41) is 5.67. The van der Waals surface area contributed by atoms with Crippen LogP contribution in [0, 0.1) is 5.41 Å². The molecule has 1 rings (SSSR count). The van der Waals surface area contributed by atoms with E-state index in [1.807, 2.05) is 11.3 Å². The van der Waals surface area contributed by atoms with E-state index in [2.05, 4.69) is 50.5 Å². The Hall–Kier alpha value is -0.340. The summed E-state index contributed by atoms with van der Waals surface area (Å²) in [4.78, 5) is 1.48. The second-order valence-electron chi connectivity index (χ2n) is 5.11. The van der Waals surface area contributed by atoms with Crippen molar-refractivity contribution in [2.45, 2.75) is 33.6 Å². The van der Waals surface area contributed by atoms with Gasteiger partial charge in [0.05, 0.1) is 0 Å². The molecule has 0 radical (unpaired) electrons. The van der Waals surface area contributed by atoms with Gasteiger partial charge in [0.1, 0.15) is 0 Å². The van der Waals surface area contributed by atoms with E-state index in [1.54, 1.807) is 0 Å². The van der Waals surface area contributed by atoms with Crippen LogP contribution in [0.5, 0.6) is 0 Å². The van der Waals surface area contributed by atoms with Crippen molar-refractivity contribution < 1.29 is 0 Å². The molecular weight excluding hydrogens is 190 g/mol. The molecule has 0 saturated carbocycles. The zero-order valence-electron chi connectivity index (χ0n) is 9.63. The number of thiophene rings is 1. The van der Waals surface area contributed by atoms with Crippen molar-refractivity contribution >= 4 is 11.3 Å². The highest BCUT2D eigenvalue weighted by Crippen LogP contribution is 2.20. The van der Waals surface area contributed by atoms with Crippen LogP contribution in [0.4, 0.5) is 0 Å². The van der Waals surface area contributed by atoms with Crippen LogP contribution in [-0.2, 0) is 0 Å². The van der Waals surface area contributed by atoms with E-state index in [4.69, 9.17) is 0 Å². The number of hydrogen-bond acceptors (Lipinski definition) is 2. The number of rotatable bonds is 4. The quantitative estimate of drug-likeness (QED) is 0.804. The summed E-state index contributed by atoms with van der Waals surface area (Å²) >= 11 is 1.85. The third kappa shape index (κ3) is 4.25. The highest BCUT2D eigenvalue weighted by atomic mass is 32.1. The van der Waals surface area contributed by atoms with Crippen molar-refractivity contribution in [2.24, 2.45) is 5.41 Å². The predicted octanol–water partition coefficient (Wildman–Crippen LogP) is 3.49. The Kier molecular flexibility index (Phi) is 4.14. The first kappa shape index (κ1) is 11.7. The van der Waals surface area contributed by atoms with E-state index in [1.165, 1.54) is 4.88 Å². The van der Waals surface area contributed by atoms with Gasteiger partial charge in [-0.1, -0.05) is 33.8 Å². The third-order valence-electron chi connectivity index (χ3n) is 2.13. The van der Waals surface area contributed by atoms with Gasteiger partial charge in [-0.15, -0.1) is 11.3 Å². The molecule has 0 aromatic carbocycles. The minimum Gasteiger partial charge on any atom is -0.316 e. The fourth-order valence-electron chi connectivity index (χ4n) is 1.34. The fourth-order valence-corrected chi connectivity index (χ4v) is 2.12. The van der Waals surface area contributed by atoms with Crippen molar-refractivity contribution in [3.8, 4) is 0 Å². The molecule has 1 unspecified atom stereocenters. The molecule has 1 aromatic heterocycles. The Morgan fingerprint density at radius 1 is 1.43 bits per heavy atom. The van der Waals surface area contributed by atoms with E-state index < -0.39 is 0 Å². The van der Waals surface area contributed by atoms with Crippen LogP contribution in [0.25, 0.3) is 0 Å². The molecule has 1 nitrogen and oxygen atoms in total. The molecule has 0 aliphatic rings. The van der Waals surface area contributed by atoms with Crippen molar-refractivity contribution in [3.05, 3.63) is 22.4 Å². The van der Waals surface area contributed by atoms with E-state index in [0.29, 0.717) is 11.3 Å². The van der Waals surface area contributed by atoms with Crippen LogP contribution in [0.3, 0.4) is 0 Å². The summed E-state index contributed by atoms with van der Waals surface area (Å²) in [7, 11) is 0. The van der Waals surface area contributed by atoms with E-state index in [-0.39, 0.29) is 0 Å². The van der Waals surface area contributed by atoms with Crippen LogP contribution in [0.15, 0.2) is 17.5 Å². The van der Waals surface area contributed by atoms with Crippen molar-refractivity contribution in [2.75, 3.05) is 13.1 Å². The van der Waals surface area contributed by atoms with Crippen LogP contribution < -0.4 is 5.32 Å². The van der Waals surface area contributed by atoms with Gasteiger partial charge >= 0.3 is 0 Å². The Bertz CT molecular complexity index is 246. The minimum atomic E-state index is 0.384. The summed E-state index contributed by atoms with van der Waals surface area (Å²) < 4.78 is 0. The lowest BCUT2D eigenvalue weighted by atomic mass is 9.97. The normalized spacial score (nSPS) is 14.3. The van der Waals surface area contributed by atoms with Gasteiger partial charge in [0.2, 0.25) is 0 Å². The second kappa shape index (κ2) is 4.94. The van der Waals surface area contributed by atoms with Crippen molar-refractivity contribution in [1.29, 1.82) is 0 Å². The predicted molar refractivity (Wildman–Crippen MR) is 65.1 cm³/mol. The summed E-state index contributed by atoms with van der Waals surface area (Å²) in [5.41, 5.74) is 0.384. The first-order valence-electron chi connectivity index (χ1n) is 5.23. The summed E-state index contributed by atoms with van der Waals surface area (Å²) in [6.45, 7) is 11.2. The molecule has 0 spiro atoms. The summed E-state index contributed by atoms with van der Waals surface area (Å²) in [6.07, 6.45) is 0. The molecule has 0 aliphatic carbocycles. The Labute approximate surface area is 91.5 Å². The van der Waals surface area contributed by atoms with E-state index in [9.17, 15) is 0 Å². The molecule has 1 atom stereocenters. The Morgan fingerprint density at radius 2 is 2.14 bits per heavy atom. The van der Waals surface area contributed by atoms with Crippen LogP contribution >= 0.6 is 11.3 Å². The molecule has 0 saturated heterocycles. The van der Waals surface area contributed by atoms with Crippen molar-refractivity contribution in [3.63, 3.8) is 0 Å². The topological polar surface area (TPSA) is 12.0 Å². The average molecular weight is 211 g/mol. The molecule has 0 aliphatic heterocycles. The summed E-state index contributed by atoms with van der Waals surface area (Å²) in [5.74, 6) is 0.636. The first-order chi connectivity index (χ1) is 6.49. The van der Waals surface area contributed by atoms with Gasteiger partial charge in [0, 0.05) is 23.9 Å². The third-order valence-corrected chi connectivity index (χ3v) is 3.24. The maximum atomic E-state index is 3.52. The van der Waals surface area contributed by atoms with Gasteiger partial charge < -0.3 is 5.32 Å². The number of nitrogens with one attached hydrogen (secondary N) is 1. The van der Waals surface area contributed by atoms with Crippen LogP contribution in [-0.4, -0.2) is 13.1 Å². The van der Waals surface area contributed by atoms with Gasteiger partial charge in [-0.25, -0.2) is 0 Å². The van der Waals surface area contributed by atoms with E-state index >= 15 is 0 Å². The minimum absolute atomic E-state index is 0.384. The zero-order chi connectivity index (χ0) is 10.6. The maximum Gasteiger partial charge on any atom is 0.00860 e. The molecule has 0 amide bonds. The summed E-state index contributed by atoms with van der Waals surface area (Å²) in [6, 6.07) is 4.34. The fraction of sp³-hybridized carbons (Fsp3) is 0.667. The SMILES string of the molecule is CC(CNCC(C)(C)C)c1cccs1. The largest absolute Gasteiger partial charge is 0.316 e. The standard InChI is InChI=1S/C12H21NS/c1-10(11-6-5-7-14-11)8-13-9-12(2,3)4/h5-7,10,13H,8-9H2,1-4H3. The molecule has 1 N–H and O–H groups in total. The molecule has 1 heterocycles. The van der Waals surface area contributed by atoms with E-state index in [0.717, 1.165) is 13.1 Å². The molecule has 2 heteroatoms. The molecule has 0 fully saturated rings. The van der Waals surface area contributed by atoms with Gasteiger partial charge in [-0.05, 0) is 16.9 Å². The second-order valence-corrected chi connectivity index (χ2v) is 6.09. The lowest BCUT2D eigenvalue weighted by molar-refractivity contribution is 0.376. The number of hydrogen-bond donors (Lipinski definition) is 1. The van der Waals surface area contributed by atoms with Gasteiger partial charge in [0.25, 0.3) is 0 Å². The lowest BCUT2D eigenvalue weighted by Gasteiger charge is -2.20. The molecule has 0 bridgehead atoms. The molecular formula is C12H21NS. The first-order valence-corrected chi connectivity index (χ1v) is 6.11. The highest BCUT2D eigenvalue weighted by molar-refractivity contribution is 7.10. The Balaban J connectivity index is 2.26. The Morgan fingerprint density at radius 3 is 2.64 bits per heavy atom. The van der Waals surface area contributed by atoms with Gasteiger partial charge in [-0.2, -0.15) is 0 Å². The van der Waals surface area contributed by atoms with Crippen LogP contribution in [0.1, 0.15) is 38.5 Å². The smallest absolute Gasteiger partial charge is 0.00860 e. The van der Waals surface area contributed by atoms with Gasteiger partial charge in [0.15, 0.2) is 0 Å². The van der Waals surface area contributed by atoms with Crippen LogP contribution in [0.2, 0.25) is 0 Å².